The molecule has 0 atom stereocenters. The van der Waals surface area contributed by atoms with Gasteiger partial charge in [0.1, 0.15) is 24.0 Å². The first kappa shape index (κ1) is 37.7. The zero-order valence-corrected chi connectivity index (χ0v) is 44.9. The summed E-state index contributed by atoms with van der Waals surface area (Å²) >= 11 is 0. The van der Waals surface area contributed by atoms with Gasteiger partial charge in [0.05, 0.1) is 33.5 Å². The highest BCUT2D eigenvalue weighted by Crippen LogP contribution is 2.60. The number of rotatable bonds is 8. The van der Waals surface area contributed by atoms with E-state index in [9.17, 15) is 0 Å². The Morgan fingerprint density at radius 3 is 1.87 bits per heavy atom. The first-order chi connectivity index (χ1) is 45.6. The normalized spacial score (nSPS) is 16.2. The van der Waals surface area contributed by atoms with E-state index in [1.807, 2.05) is 95.6 Å². The van der Waals surface area contributed by atoms with Crippen LogP contribution in [0.5, 0.6) is 11.5 Å². The molecule has 0 saturated heterocycles. The Labute approximate surface area is 501 Å². The molecule has 1 spiro atoms. The molecule has 0 saturated carbocycles. The van der Waals surface area contributed by atoms with Gasteiger partial charge in [-0.15, -0.1) is 0 Å². The zero-order valence-electron chi connectivity index (χ0n) is 56.9. The van der Waals surface area contributed by atoms with Crippen LogP contribution in [0.15, 0.2) is 255 Å². The van der Waals surface area contributed by atoms with Crippen molar-refractivity contribution in [3.8, 4) is 61.8 Å². The Morgan fingerprint density at radius 2 is 1.06 bits per heavy atom. The lowest BCUT2D eigenvalue weighted by molar-refractivity contribution is 0.483. The van der Waals surface area contributed by atoms with Crippen molar-refractivity contribution in [1.29, 1.82) is 0 Å². The van der Waals surface area contributed by atoms with Crippen LogP contribution < -0.4 is 14.5 Å². The van der Waals surface area contributed by atoms with Crippen molar-refractivity contribution >= 4 is 44.6 Å². The van der Waals surface area contributed by atoms with Crippen LogP contribution in [-0.2, 0) is 11.8 Å². The zero-order chi connectivity index (χ0) is 65.5. The molecule has 0 bridgehead atoms. The van der Waals surface area contributed by atoms with Crippen molar-refractivity contribution in [3.05, 3.63) is 311 Å². The first-order valence-corrected chi connectivity index (χ1v) is 27.9. The van der Waals surface area contributed by atoms with Gasteiger partial charge in [0, 0.05) is 67.9 Å². The fourth-order valence-electron chi connectivity index (χ4n) is 13.8. The van der Waals surface area contributed by atoms with Gasteiger partial charge in [0.2, 0.25) is 0 Å². The minimum absolute atomic E-state index is 0.0209. The molecule has 396 valence electrons. The maximum absolute atomic E-state index is 8.70. The van der Waals surface area contributed by atoms with Crippen molar-refractivity contribution in [2.75, 3.05) is 16.5 Å². The summed E-state index contributed by atoms with van der Waals surface area (Å²) in [4.78, 5) is 9.33. The van der Waals surface area contributed by atoms with E-state index in [0.29, 0.717) is 45.1 Å². The van der Waals surface area contributed by atoms with Crippen LogP contribution >= 0.6 is 0 Å². The number of aryl methyl sites for hydroxylation is 4. The molecule has 5 nitrogen and oxygen atoms in total. The van der Waals surface area contributed by atoms with E-state index in [1.54, 1.807) is 30.3 Å². The van der Waals surface area contributed by atoms with Crippen LogP contribution in [-0.4, -0.2) is 16.2 Å². The molecule has 11 aromatic carbocycles. The number of para-hydroxylation sites is 4. The van der Waals surface area contributed by atoms with E-state index < -0.39 is 32.8 Å². The second-order valence-electron chi connectivity index (χ2n) is 21.8. The van der Waals surface area contributed by atoms with E-state index in [1.165, 1.54) is 52.2 Å². The fraction of sp³-hybridized carbons (Fsp3) is 0.0897. The van der Waals surface area contributed by atoms with Gasteiger partial charge < -0.3 is 14.5 Å². The lowest BCUT2D eigenvalue weighted by atomic mass is 9.61. The van der Waals surface area contributed by atoms with Crippen LogP contribution in [0.3, 0.4) is 0 Å². The predicted octanol–water partition coefficient (Wildman–Crippen LogP) is 19.7. The molecule has 0 radical (unpaired) electrons. The second kappa shape index (κ2) is 18.9. The van der Waals surface area contributed by atoms with Crippen molar-refractivity contribution in [1.82, 2.24) is 9.55 Å². The molecule has 13 aromatic rings. The van der Waals surface area contributed by atoms with Crippen LogP contribution in [0.4, 0.5) is 22.7 Å². The third-order valence-corrected chi connectivity index (χ3v) is 17.2. The molecule has 5 heteroatoms. The molecule has 2 aliphatic carbocycles. The van der Waals surface area contributed by atoms with Crippen LogP contribution in [0.2, 0.25) is 0 Å². The molecule has 3 aliphatic rings. The number of hydrogen-bond acceptors (Lipinski definition) is 4. The SMILES string of the molecule is [2H]C([2H])([2H])c1cccc(-c2cnc(-n3c4ccccc4c4ccc(Oc5cccc(N6CN(c7c(-c8cc(C([2H])([2H])[2H])cc(C([2H])([2H])[2H])c8)cccc7-c7ccc8c(c7)C7(c9ccccc9Cc9ccccc97)c7ccccc7-8)c7ccccc76)c5)cc43)cc2C([2H])([2H])[2H])c1. The van der Waals surface area contributed by atoms with Crippen molar-refractivity contribution in [3.63, 3.8) is 0 Å². The van der Waals surface area contributed by atoms with Gasteiger partial charge in [-0.3, -0.25) is 4.57 Å². The van der Waals surface area contributed by atoms with E-state index in [2.05, 4.69) is 119 Å². The Bertz CT molecular complexity index is 5220. The average Bonchev–Trinajstić information content (AvgIpc) is 1.57. The fourth-order valence-corrected chi connectivity index (χ4v) is 13.8. The van der Waals surface area contributed by atoms with Crippen molar-refractivity contribution in [2.24, 2.45) is 0 Å². The van der Waals surface area contributed by atoms with E-state index in [-0.39, 0.29) is 28.9 Å². The molecular formula is C78H58N4O. The number of hydrogen-bond donors (Lipinski definition) is 0. The average molecular weight is 1080 g/mol. The third kappa shape index (κ3) is 7.65. The number of aromatic nitrogens is 2. The highest BCUT2D eigenvalue weighted by atomic mass is 16.5. The van der Waals surface area contributed by atoms with Gasteiger partial charge in [-0.1, -0.05) is 199 Å². The number of benzene rings is 11. The molecule has 0 N–H and O–H groups in total. The summed E-state index contributed by atoms with van der Waals surface area (Å²) in [6.45, 7) is -9.94. The third-order valence-electron chi connectivity index (χ3n) is 17.2. The summed E-state index contributed by atoms with van der Waals surface area (Å²) in [5.41, 5.74) is 17.4. The summed E-state index contributed by atoms with van der Waals surface area (Å²) in [5.74, 6) is 1.39. The van der Waals surface area contributed by atoms with Crippen LogP contribution in [0.25, 0.3) is 72.1 Å². The number of nitrogens with zero attached hydrogens (tertiary/aromatic N) is 4. The Balaban J connectivity index is 0.819. The van der Waals surface area contributed by atoms with Gasteiger partial charge >= 0.3 is 0 Å². The maximum Gasteiger partial charge on any atom is 0.137 e. The Morgan fingerprint density at radius 1 is 0.422 bits per heavy atom. The predicted molar refractivity (Wildman–Crippen MR) is 342 cm³/mol. The molecule has 0 fully saturated rings. The monoisotopic (exact) mass is 1080 g/mol. The minimum atomic E-state index is -2.62. The highest BCUT2D eigenvalue weighted by molar-refractivity contribution is 6.09. The van der Waals surface area contributed by atoms with E-state index in [4.69, 9.17) is 26.2 Å². The van der Waals surface area contributed by atoms with Crippen LogP contribution in [0.1, 0.15) is 72.1 Å². The van der Waals surface area contributed by atoms with Crippen molar-refractivity contribution < 1.29 is 21.2 Å². The summed E-state index contributed by atoms with van der Waals surface area (Å²) in [6.07, 6.45) is 2.31. The van der Waals surface area contributed by atoms with Gasteiger partial charge in [-0.05, 0) is 155 Å². The summed E-state index contributed by atoms with van der Waals surface area (Å²) in [5, 5.41) is 1.80. The number of fused-ring (bicyclic) bond motifs is 13. The summed E-state index contributed by atoms with van der Waals surface area (Å²) < 4.78 is 111. The molecule has 16 rings (SSSR count). The second-order valence-corrected chi connectivity index (χ2v) is 21.8. The molecule has 1 aliphatic heterocycles. The van der Waals surface area contributed by atoms with Gasteiger partial charge in [-0.25, -0.2) is 4.98 Å². The first-order valence-electron chi connectivity index (χ1n) is 33.9. The molecule has 3 heterocycles. The highest BCUT2D eigenvalue weighted by Gasteiger charge is 2.50. The van der Waals surface area contributed by atoms with Gasteiger partial charge in [-0.2, -0.15) is 0 Å². The van der Waals surface area contributed by atoms with Gasteiger partial charge in [0.15, 0.2) is 0 Å². The minimum Gasteiger partial charge on any atom is -0.457 e. The molecule has 0 unspecified atom stereocenters. The lowest BCUT2D eigenvalue weighted by Crippen LogP contribution is -2.34. The molecule has 2 aromatic heterocycles. The standard InChI is InChI=1S/C78H58N4O/c1-49-18-15-21-53(39-49)67-47-79-76(42-52(67)4)82-72-31-12-8-25-65(72)66-37-35-60(46-75(66)82)83-59-23-16-22-58(45-59)80-48-81(74-33-14-13-32-73(74)80)77-61(26-17-27-62(77)57-40-50(2)38-51(3)41-57)54-34-36-64-63-24-7-11-30-70(63)78(71(64)44-54)68-28-9-5-19-55(68)43-56-20-6-10-29-69(56)78/h5-42,44-47H,43,48H2,1-4H3/i1D3,2D3,3D3,4D3. The quantitative estimate of drug-likeness (QED) is 0.152. The Hall–Kier alpha value is -10.2. The number of pyridine rings is 1. The molecule has 0 amide bonds. The van der Waals surface area contributed by atoms with E-state index >= 15 is 0 Å². The number of anilines is 4. The topological polar surface area (TPSA) is 33.5 Å². The van der Waals surface area contributed by atoms with Crippen molar-refractivity contribution in [2.45, 2.75) is 39.2 Å². The lowest BCUT2D eigenvalue weighted by Gasteiger charge is -2.40. The molecular weight excluding hydrogens is 1010 g/mol. The maximum atomic E-state index is 8.70. The smallest absolute Gasteiger partial charge is 0.137 e. The summed E-state index contributed by atoms with van der Waals surface area (Å²) in [7, 11) is 0. The van der Waals surface area contributed by atoms with Crippen LogP contribution in [0, 0.1) is 27.4 Å². The Kier molecular flexibility index (Phi) is 8.59. The van der Waals surface area contributed by atoms with E-state index in [0.717, 1.165) is 73.3 Å². The largest absolute Gasteiger partial charge is 0.457 e. The van der Waals surface area contributed by atoms with Gasteiger partial charge in [0.25, 0.3) is 0 Å². The number of ether oxygens (including phenoxy) is 1. The molecule has 83 heavy (non-hydrogen) atoms. The summed E-state index contributed by atoms with van der Waals surface area (Å²) in [6, 6.07) is 81.1.